The third kappa shape index (κ3) is 28.8. The molecule has 0 rings (SSSR count). The molecule has 0 atom stereocenters. The predicted molar refractivity (Wildman–Crippen MR) is 43.3 cm³/mol. The average Bonchev–Trinajstić information content (AvgIpc) is 1.90. The van der Waals surface area contributed by atoms with E-state index in [1.807, 2.05) is 0 Å². The maximum atomic E-state index is 9.51. The molecule has 0 amide bonds. The highest BCUT2D eigenvalue weighted by Crippen LogP contribution is 1.65. The molecule has 0 saturated heterocycles. The van der Waals surface area contributed by atoms with Crippen molar-refractivity contribution in [2.75, 3.05) is 0 Å². The van der Waals surface area contributed by atoms with Gasteiger partial charge in [-0.25, -0.2) is 4.79 Å². The number of rotatable bonds is 2. The Kier molecular flexibility index (Phi) is 12.8. The van der Waals surface area contributed by atoms with E-state index in [4.69, 9.17) is 5.11 Å². The van der Waals surface area contributed by atoms with Crippen LogP contribution < -0.4 is 0 Å². The van der Waals surface area contributed by atoms with Crippen molar-refractivity contribution in [2.24, 2.45) is 0 Å². The predicted octanol–water partition coefficient (Wildman–Crippen LogP) is 1.41. The summed E-state index contributed by atoms with van der Waals surface area (Å²) < 4.78 is 0. The summed E-state index contributed by atoms with van der Waals surface area (Å²) >= 11 is 0. The third-order valence-corrected chi connectivity index (χ3v) is 0.580. The lowest BCUT2D eigenvalue weighted by Gasteiger charge is -1.68. The number of allylic oxidation sites excluding steroid dienone is 3. The van der Waals surface area contributed by atoms with E-state index in [1.165, 1.54) is 12.2 Å². The van der Waals surface area contributed by atoms with E-state index in [-0.39, 0.29) is 0 Å². The van der Waals surface area contributed by atoms with Gasteiger partial charge in [0, 0.05) is 6.08 Å². The molecule has 0 radical (unpaired) electrons. The minimum Gasteiger partial charge on any atom is -0.478 e. The zero-order valence-corrected chi connectivity index (χ0v) is 6.65. The maximum absolute atomic E-state index is 9.51. The SMILES string of the molecule is CC=CC(=O)O.CC=CC=O. The first-order valence-electron chi connectivity index (χ1n) is 3.11. The zero-order valence-electron chi connectivity index (χ0n) is 6.65. The van der Waals surface area contributed by atoms with E-state index in [9.17, 15) is 9.59 Å². The van der Waals surface area contributed by atoms with Crippen LogP contribution in [0.1, 0.15) is 13.8 Å². The van der Waals surface area contributed by atoms with Crippen LogP contribution in [0.15, 0.2) is 24.3 Å². The average molecular weight is 156 g/mol. The summed E-state index contributed by atoms with van der Waals surface area (Å²) in [5, 5.41) is 7.83. The number of carboxylic acids is 1. The van der Waals surface area contributed by atoms with Crippen LogP contribution in [0.5, 0.6) is 0 Å². The van der Waals surface area contributed by atoms with Crippen LogP contribution in [0.25, 0.3) is 0 Å². The first kappa shape index (κ1) is 12.3. The van der Waals surface area contributed by atoms with Crippen molar-refractivity contribution in [3.05, 3.63) is 24.3 Å². The summed E-state index contributed by atoms with van der Waals surface area (Å²) in [5.41, 5.74) is 0. The molecule has 0 aliphatic carbocycles. The molecular weight excluding hydrogens is 144 g/mol. The van der Waals surface area contributed by atoms with Crippen molar-refractivity contribution < 1.29 is 14.7 Å². The highest BCUT2D eigenvalue weighted by molar-refractivity contribution is 5.79. The number of aliphatic carboxylic acids is 1. The lowest BCUT2D eigenvalue weighted by Crippen LogP contribution is -1.83. The quantitative estimate of drug-likeness (QED) is 0.485. The Labute approximate surface area is 66.0 Å². The highest BCUT2D eigenvalue weighted by Gasteiger charge is 1.76. The van der Waals surface area contributed by atoms with Gasteiger partial charge in [-0.05, 0) is 19.9 Å². The van der Waals surface area contributed by atoms with E-state index in [0.717, 1.165) is 12.4 Å². The molecule has 0 fully saturated rings. The molecule has 0 aromatic carbocycles. The number of carbonyl (C=O) groups excluding carboxylic acids is 1. The first-order chi connectivity index (χ1) is 5.18. The van der Waals surface area contributed by atoms with Gasteiger partial charge in [-0.3, -0.25) is 4.79 Å². The van der Waals surface area contributed by atoms with Crippen LogP contribution in [0.4, 0.5) is 0 Å². The molecule has 0 bridgehead atoms. The molecule has 3 nitrogen and oxygen atoms in total. The van der Waals surface area contributed by atoms with Crippen molar-refractivity contribution in [2.45, 2.75) is 13.8 Å². The molecule has 11 heavy (non-hydrogen) atoms. The van der Waals surface area contributed by atoms with E-state index in [2.05, 4.69) is 0 Å². The van der Waals surface area contributed by atoms with Crippen LogP contribution in [0, 0.1) is 0 Å². The lowest BCUT2D eigenvalue weighted by molar-refractivity contribution is -0.131. The second kappa shape index (κ2) is 11.4. The highest BCUT2D eigenvalue weighted by atomic mass is 16.4. The van der Waals surface area contributed by atoms with E-state index >= 15 is 0 Å². The molecule has 1 N–H and O–H groups in total. The summed E-state index contributed by atoms with van der Waals surface area (Å²) in [7, 11) is 0. The first-order valence-corrected chi connectivity index (χ1v) is 3.11. The van der Waals surface area contributed by atoms with Gasteiger partial charge in [-0.2, -0.15) is 0 Å². The maximum Gasteiger partial charge on any atom is 0.327 e. The fourth-order valence-corrected chi connectivity index (χ4v) is 0.221. The van der Waals surface area contributed by atoms with Crippen LogP contribution >= 0.6 is 0 Å². The Balaban J connectivity index is 0. The number of hydrogen-bond donors (Lipinski definition) is 1. The molecule has 0 spiro atoms. The monoisotopic (exact) mass is 156 g/mol. The van der Waals surface area contributed by atoms with Crippen LogP contribution in [-0.2, 0) is 9.59 Å². The van der Waals surface area contributed by atoms with Crippen molar-refractivity contribution in [3.63, 3.8) is 0 Å². The fourth-order valence-electron chi connectivity index (χ4n) is 0.221. The van der Waals surface area contributed by atoms with Crippen molar-refractivity contribution in [1.82, 2.24) is 0 Å². The third-order valence-electron chi connectivity index (χ3n) is 0.580. The Hall–Kier alpha value is -1.38. The molecular formula is C8H12O3. The Morgan fingerprint density at radius 2 is 1.82 bits per heavy atom. The fraction of sp³-hybridized carbons (Fsp3) is 0.250. The van der Waals surface area contributed by atoms with Crippen molar-refractivity contribution in [3.8, 4) is 0 Å². The molecule has 0 aliphatic heterocycles. The Morgan fingerprint density at radius 3 is 1.82 bits per heavy atom. The molecule has 0 unspecified atom stereocenters. The van der Waals surface area contributed by atoms with E-state index in [0.29, 0.717) is 0 Å². The molecule has 0 aliphatic rings. The number of carboxylic acid groups (broad SMARTS) is 1. The standard InChI is InChI=1S/C4H6O2.C4H6O/c1-2-3-4(5)6;1-2-3-4-5/h2-3H,1H3,(H,5,6);2-4H,1H3. The second-order valence-corrected chi connectivity index (χ2v) is 1.50. The number of hydrogen-bond acceptors (Lipinski definition) is 2. The molecule has 0 saturated carbocycles. The summed E-state index contributed by atoms with van der Waals surface area (Å²) in [6, 6.07) is 0. The molecule has 0 aromatic rings. The molecule has 0 heterocycles. The summed E-state index contributed by atoms with van der Waals surface area (Å²) in [4.78, 5) is 18.8. The lowest BCUT2D eigenvalue weighted by atomic mass is 10.5. The van der Waals surface area contributed by atoms with Gasteiger partial charge in [0.25, 0.3) is 0 Å². The van der Waals surface area contributed by atoms with Gasteiger partial charge in [-0.1, -0.05) is 12.2 Å². The van der Waals surface area contributed by atoms with Crippen LogP contribution in [-0.4, -0.2) is 17.4 Å². The Morgan fingerprint density at radius 1 is 1.27 bits per heavy atom. The van der Waals surface area contributed by atoms with Crippen LogP contribution in [0.3, 0.4) is 0 Å². The van der Waals surface area contributed by atoms with Gasteiger partial charge >= 0.3 is 5.97 Å². The molecule has 3 heteroatoms. The van der Waals surface area contributed by atoms with Gasteiger partial charge in [0.1, 0.15) is 6.29 Å². The zero-order chi connectivity index (χ0) is 9.11. The largest absolute Gasteiger partial charge is 0.478 e. The second-order valence-electron chi connectivity index (χ2n) is 1.50. The summed E-state index contributed by atoms with van der Waals surface area (Å²) in [6.45, 7) is 3.46. The van der Waals surface area contributed by atoms with E-state index < -0.39 is 5.97 Å². The van der Waals surface area contributed by atoms with E-state index in [1.54, 1.807) is 19.9 Å². The van der Waals surface area contributed by atoms with Gasteiger partial charge < -0.3 is 5.11 Å². The summed E-state index contributed by atoms with van der Waals surface area (Å²) in [6.07, 6.45) is 6.44. The topological polar surface area (TPSA) is 54.4 Å². The number of aldehydes is 1. The smallest absolute Gasteiger partial charge is 0.327 e. The van der Waals surface area contributed by atoms with Crippen LogP contribution in [0.2, 0.25) is 0 Å². The minimum atomic E-state index is -0.891. The van der Waals surface area contributed by atoms with Gasteiger partial charge in [-0.15, -0.1) is 0 Å². The Bertz CT molecular complexity index is 157. The van der Waals surface area contributed by atoms with Gasteiger partial charge in [0.15, 0.2) is 0 Å². The molecule has 0 aromatic heterocycles. The molecule has 62 valence electrons. The minimum absolute atomic E-state index is 0.750. The van der Waals surface area contributed by atoms with Gasteiger partial charge in [0.2, 0.25) is 0 Å². The normalized spacial score (nSPS) is 9.27. The van der Waals surface area contributed by atoms with Crippen molar-refractivity contribution >= 4 is 12.3 Å². The van der Waals surface area contributed by atoms with Crippen molar-refractivity contribution in [1.29, 1.82) is 0 Å². The summed E-state index contributed by atoms with van der Waals surface area (Å²) in [5.74, 6) is -0.891. The number of carbonyl (C=O) groups is 2. The van der Waals surface area contributed by atoms with Gasteiger partial charge in [0.05, 0.1) is 0 Å².